The predicted octanol–water partition coefficient (Wildman–Crippen LogP) is 1.95. The van der Waals surface area contributed by atoms with E-state index in [1.54, 1.807) is 7.11 Å². The number of carbonyl (C=O) groups is 2. The van der Waals surface area contributed by atoms with Gasteiger partial charge in [-0.1, -0.05) is 12.1 Å². The van der Waals surface area contributed by atoms with Crippen LogP contribution in [-0.4, -0.2) is 54.9 Å². The second-order valence-electron chi connectivity index (χ2n) is 5.85. The number of hydrogen-bond acceptors (Lipinski definition) is 3. The standard InChI is InChI=1S/C18H26N2O3/c1-4-19(5-2)18(22)15-12-17(21)20(13-15)10-9-14-7-6-8-16(11-14)23-3/h6-8,11,15H,4-5,9-10,12-13H2,1-3H3. The van der Waals surface area contributed by atoms with Crippen LogP contribution in [0.15, 0.2) is 24.3 Å². The molecule has 0 radical (unpaired) electrons. The quantitative estimate of drug-likeness (QED) is 0.772. The van der Waals surface area contributed by atoms with Crippen LogP contribution < -0.4 is 4.74 Å². The Labute approximate surface area is 138 Å². The number of hydrogen-bond donors (Lipinski definition) is 0. The van der Waals surface area contributed by atoms with Crippen LogP contribution in [0.4, 0.5) is 0 Å². The van der Waals surface area contributed by atoms with E-state index in [1.165, 1.54) is 0 Å². The third-order valence-electron chi connectivity index (χ3n) is 4.44. The number of ether oxygens (including phenoxy) is 1. The first kappa shape index (κ1) is 17.3. The smallest absolute Gasteiger partial charge is 0.227 e. The van der Waals surface area contributed by atoms with Crippen molar-refractivity contribution in [3.05, 3.63) is 29.8 Å². The molecule has 1 aromatic rings. The second-order valence-corrected chi connectivity index (χ2v) is 5.85. The lowest BCUT2D eigenvalue weighted by Crippen LogP contribution is -2.37. The molecule has 1 fully saturated rings. The van der Waals surface area contributed by atoms with Gasteiger partial charge in [-0.2, -0.15) is 0 Å². The van der Waals surface area contributed by atoms with Gasteiger partial charge >= 0.3 is 0 Å². The molecule has 5 heteroatoms. The Hall–Kier alpha value is -2.04. The van der Waals surface area contributed by atoms with Crippen molar-refractivity contribution in [2.45, 2.75) is 26.7 Å². The summed E-state index contributed by atoms with van der Waals surface area (Å²) in [6, 6.07) is 7.87. The highest BCUT2D eigenvalue weighted by Crippen LogP contribution is 2.21. The maximum atomic E-state index is 12.4. The number of benzene rings is 1. The molecule has 1 aliphatic heterocycles. The molecule has 1 aromatic carbocycles. The van der Waals surface area contributed by atoms with Crippen molar-refractivity contribution in [2.75, 3.05) is 33.3 Å². The Morgan fingerprint density at radius 3 is 2.74 bits per heavy atom. The Kier molecular flexibility index (Phi) is 6.02. The highest BCUT2D eigenvalue weighted by atomic mass is 16.5. The molecule has 1 saturated heterocycles. The summed E-state index contributed by atoms with van der Waals surface area (Å²) in [6.07, 6.45) is 1.11. The lowest BCUT2D eigenvalue weighted by atomic mass is 10.1. The molecule has 2 amide bonds. The molecule has 1 atom stereocenters. The fraction of sp³-hybridized carbons (Fsp3) is 0.556. The van der Waals surface area contributed by atoms with Crippen LogP contribution in [0, 0.1) is 5.92 Å². The summed E-state index contributed by atoms with van der Waals surface area (Å²) in [6.45, 7) is 6.53. The minimum atomic E-state index is -0.187. The molecular weight excluding hydrogens is 292 g/mol. The summed E-state index contributed by atoms with van der Waals surface area (Å²) in [4.78, 5) is 28.2. The molecule has 1 aliphatic rings. The maximum absolute atomic E-state index is 12.4. The van der Waals surface area contributed by atoms with Gasteiger partial charge in [0.15, 0.2) is 0 Å². The summed E-state index contributed by atoms with van der Waals surface area (Å²) in [7, 11) is 1.65. The van der Waals surface area contributed by atoms with Crippen molar-refractivity contribution in [1.29, 1.82) is 0 Å². The third-order valence-corrected chi connectivity index (χ3v) is 4.44. The zero-order valence-electron chi connectivity index (χ0n) is 14.2. The Morgan fingerprint density at radius 2 is 2.09 bits per heavy atom. The summed E-state index contributed by atoms with van der Waals surface area (Å²) < 4.78 is 5.22. The minimum Gasteiger partial charge on any atom is -0.497 e. The molecule has 1 heterocycles. The zero-order valence-corrected chi connectivity index (χ0v) is 14.2. The van der Waals surface area contributed by atoms with Gasteiger partial charge in [-0.3, -0.25) is 9.59 Å². The number of methoxy groups -OCH3 is 1. The van der Waals surface area contributed by atoms with Crippen LogP contribution in [0.2, 0.25) is 0 Å². The van der Waals surface area contributed by atoms with Crippen molar-refractivity contribution in [3.8, 4) is 5.75 Å². The zero-order chi connectivity index (χ0) is 16.8. The number of likely N-dealkylation sites (tertiary alicyclic amines) is 1. The Morgan fingerprint density at radius 1 is 1.35 bits per heavy atom. The summed E-state index contributed by atoms with van der Waals surface area (Å²) in [5, 5.41) is 0. The van der Waals surface area contributed by atoms with Crippen LogP contribution in [0.25, 0.3) is 0 Å². The second kappa shape index (κ2) is 7.99. The van der Waals surface area contributed by atoms with Crippen molar-refractivity contribution in [1.82, 2.24) is 9.80 Å². The summed E-state index contributed by atoms with van der Waals surface area (Å²) in [5.41, 5.74) is 1.13. The molecule has 126 valence electrons. The molecule has 0 N–H and O–H groups in total. The minimum absolute atomic E-state index is 0.0819. The van der Waals surface area contributed by atoms with E-state index in [0.29, 0.717) is 32.6 Å². The first-order valence-electron chi connectivity index (χ1n) is 8.28. The van der Waals surface area contributed by atoms with Crippen molar-refractivity contribution >= 4 is 11.8 Å². The van der Waals surface area contributed by atoms with Gasteiger partial charge in [0, 0.05) is 32.6 Å². The first-order valence-corrected chi connectivity index (χ1v) is 8.28. The average molecular weight is 318 g/mol. The van der Waals surface area contributed by atoms with Crippen molar-refractivity contribution in [3.63, 3.8) is 0 Å². The van der Waals surface area contributed by atoms with Gasteiger partial charge in [-0.25, -0.2) is 0 Å². The topological polar surface area (TPSA) is 49.9 Å². The molecule has 2 rings (SSSR count). The molecule has 0 saturated carbocycles. The number of rotatable bonds is 7. The van der Waals surface area contributed by atoms with E-state index in [2.05, 4.69) is 0 Å². The van der Waals surface area contributed by atoms with Crippen LogP contribution in [0.1, 0.15) is 25.8 Å². The fourth-order valence-corrected chi connectivity index (χ4v) is 3.04. The number of nitrogens with zero attached hydrogens (tertiary/aromatic N) is 2. The molecule has 0 aliphatic carbocycles. The van der Waals surface area contributed by atoms with Crippen molar-refractivity contribution in [2.24, 2.45) is 5.92 Å². The van der Waals surface area contributed by atoms with E-state index in [9.17, 15) is 9.59 Å². The third kappa shape index (κ3) is 4.24. The normalized spacial score (nSPS) is 17.4. The van der Waals surface area contributed by atoms with Crippen LogP contribution in [-0.2, 0) is 16.0 Å². The molecule has 23 heavy (non-hydrogen) atoms. The number of carbonyl (C=O) groups excluding carboxylic acids is 2. The lowest BCUT2D eigenvalue weighted by molar-refractivity contribution is -0.135. The highest BCUT2D eigenvalue weighted by molar-refractivity contribution is 5.89. The molecule has 5 nitrogen and oxygen atoms in total. The van der Waals surface area contributed by atoms with Gasteiger partial charge in [0.05, 0.1) is 13.0 Å². The van der Waals surface area contributed by atoms with Crippen LogP contribution in [0.5, 0.6) is 5.75 Å². The molecule has 1 unspecified atom stereocenters. The molecular formula is C18H26N2O3. The van der Waals surface area contributed by atoms with E-state index in [-0.39, 0.29) is 17.7 Å². The molecule has 0 aromatic heterocycles. The average Bonchev–Trinajstić information content (AvgIpc) is 2.95. The van der Waals surface area contributed by atoms with Gasteiger partial charge < -0.3 is 14.5 Å². The van der Waals surface area contributed by atoms with Crippen LogP contribution in [0.3, 0.4) is 0 Å². The van der Waals surface area contributed by atoms with Crippen molar-refractivity contribution < 1.29 is 14.3 Å². The SMILES string of the molecule is CCN(CC)C(=O)C1CC(=O)N(CCc2cccc(OC)c2)C1. The van der Waals surface area contributed by atoms with Crippen LogP contribution >= 0.6 is 0 Å². The fourth-order valence-electron chi connectivity index (χ4n) is 3.04. The van der Waals surface area contributed by atoms with Gasteiger partial charge in [0.1, 0.15) is 5.75 Å². The van der Waals surface area contributed by atoms with Gasteiger partial charge in [0.25, 0.3) is 0 Å². The van der Waals surface area contributed by atoms with E-state index in [4.69, 9.17) is 4.74 Å². The number of amides is 2. The van der Waals surface area contributed by atoms with Gasteiger partial charge in [-0.05, 0) is 38.0 Å². The largest absolute Gasteiger partial charge is 0.497 e. The first-order chi connectivity index (χ1) is 11.1. The van der Waals surface area contributed by atoms with Gasteiger partial charge in [0.2, 0.25) is 11.8 Å². The maximum Gasteiger partial charge on any atom is 0.227 e. The predicted molar refractivity (Wildman–Crippen MR) is 89.3 cm³/mol. The monoisotopic (exact) mass is 318 g/mol. The summed E-state index contributed by atoms with van der Waals surface area (Å²) >= 11 is 0. The van der Waals surface area contributed by atoms with E-state index < -0.39 is 0 Å². The van der Waals surface area contributed by atoms with E-state index in [1.807, 2.05) is 47.9 Å². The van der Waals surface area contributed by atoms with E-state index in [0.717, 1.165) is 17.7 Å². The lowest BCUT2D eigenvalue weighted by Gasteiger charge is -2.22. The highest BCUT2D eigenvalue weighted by Gasteiger charge is 2.35. The Bertz CT molecular complexity index is 555. The Balaban J connectivity index is 1.91. The molecule has 0 spiro atoms. The van der Waals surface area contributed by atoms with Gasteiger partial charge in [-0.15, -0.1) is 0 Å². The summed E-state index contributed by atoms with van der Waals surface area (Å²) in [5.74, 6) is 0.822. The molecule has 0 bridgehead atoms. The van der Waals surface area contributed by atoms with E-state index >= 15 is 0 Å².